The van der Waals surface area contributed by atoms with E-state index in [9.17, 15) is 14.7 Å². The zero-order chi connectivity index (χ0) is 18.6. The quantitative estimate of drug-likeness (QED) is 0.748. The van der Waals surface area contributed by atoms with E-state index < -0.39 is 22.5 Å². The molecule has 1 aromatic rings. The molecule has 27 heavy (non-hydrogen) atoms. The van der Waals surface area contributed by atoms with Gasteiger partial charge in [0.2, 0.25) is 0 Å². The number of hydrogen-bond donors (Lipinski definition) is 1. The van der Waals surface area contributed by atoms with Gasteiger partial charge in [0.15, 0.2) is 5.60 Å². The van der Waals surface area contributed by atoms with Crippen LogP contribution in [0.2, 0.25) is 0 Å². The number of aliphatic hydroxyl groups excluding tert-OH is 1. The van der Waals surface area contributed by atoms with Crippen molar-refractivity contribution in [3.8, 4) is 0 Å². The van der Waals surface area contributed by atoms with Gasteiger partial charge in [-0.3, -0.25) is 4.79 Å². The summed E-state index contributed by atoms with van der Waals surface area (Å²) in [5, 5.41) is 10.6. The maximum atomic E-state index is 13.3. The van der Waals surface area contributed by atoms with Gasteiger partial charge in [0.1, 0.15) is 12.7 Å². The van der Waals surface area contributed by atoms with E-state index in [0.29, 0.717) is 19.3 Å². The van der Waals surface area contributed by atoms with Crippen LogP contribution in [-0.4, -0.2) is 41.5 Å². The van der Waals surface area contributed by atoms with Gasteiger partial charge in [-0.15, -0.1) is 0 Å². The Bertz CT molecular complexity index is 833. The second kappa shape index (κ2) is 4.75. The largest absolute Gasteiger partial charge is 0.472 e. The minimum atomic E-state index is -1.10. The SMILES string of the molecule is C[C@H]1C[C@@H]2O[C@]34C[C@H](O)C[C@@H]([C@]15C[C@H](c1ccoc1)OC5=O)[C@]23COC4=O. The molecule has 2 spiro atoms. The normalized spacial score (nSPS) is 52.7. The molecule has 0 amide bonds. The van der Waals surface area contributed by atoms with Crippen LogP contribution in [0.15, 0.2) is 23.0 Å². The predicted molar refractivity (Wildman–Crippen MR) is 88.1 cm³/mol. The maximum absolute atomic E-state index is 13.3. The number of esters is 2. The highest BCUT2D eigenvalue weighted by atomic mass is 16.6. The third-order valence-corrected chi connectivity index (χ3v) is 8.23. The molecule has 0 radical (unpaired) electrons. The summed E-state index contributed by atoms with van der Waals surface area (Å²) in [5.41, 5.74) is -1.53. The lowest BCUT2D eigenvalue weighted by Gasteiger charge is -2.70. The van der Waals surface area contributed by atoms with Crippen LogP contribution < -0.4 is 0 Å². The Morgan fingerprint density at radius 3 is 2.81 bits per heavy atom. The molecule has 144 valence electrons. The fourth-order valence-electron chi connectivity index (χ4n) is 7.04. The van der Waals surface area contributed by atoms with Crippen LogP contribution in [0.3, 0.4) is 0 Å². The molecule has 4 heterocycles. The summed E-state index contributed by atoms with van der Waals surface area (Å²) < 4.78 is 22.6. The van der Waals surface area contributed by atoms with E-state index in [4.69, 9.17) is 18.6 Å². The molecule has 0 bridgehead atoms. The van der Waals surface area contributed by atoms with Crippen LogP contribution >= 0.6 is 0 Å². The molecular formula is C20H22O7. The average Bonchev–Trinajstić information content (AvgIpc) is 3.30. The Hall–Kier alpha value is -1.86. The van der Waals surface area contributed by atoms with Gasteiger partial charge >= 0.3 is 11.9 Å². The van der Waals surface area contributed by atoms with Crippen molar-refractivity contribution in [2.75, 3.05) is 6.61 Å². The monoisotopic (exact) mass is 374 g/mol. The Morgan fingerprint density at radius 1 is 1.19 bits per heavy atom. The first-order valence-corrected chi connectivity index (χ1v) is 9.70. The van der Waals surface area contributed by atoms with E-state index in [2.05, 4.69) is 6.92 Å². The molecule has 2 aliphatic carbocycles. The van der Waals surface area contributed by atoms with Crippen molar-refractivity contribution >= 4 is 11.9 Å². The molecule has 0 unspecified atom stereocenters. The number of aliphatic hydroxyl groups is 1. The Balaban J connectivity index is 1.48. The number of fused-ring (bicyclic) bond motifs is 1. The van der Waals surface area contributed by atoms with E-state index in [1.54, 1.807) is 12.5 Å². The standard InChI is InChI=1S/C20H22O7/c1-10-4-15-19-9-25-17(23)20(19,27-15)6-12(21)5-14(19)18(10)7-13(26-16(18)22)11-2-3-24-8-11/h2-3,8,10,12-15,21H,4-7,9H2,1H3/t10-,12+,13+,14-,15-,18-,19+,20-/m0/s1. The summed E-state index contributed by atoms with van der Waals surface area (Å²) >= 11 is 0. The minimum absolute atomic E-state index is 0.0292. The Morgan fingerprint density at radius 2 is 2.04 bits per heavy atom. The molecule has 2 saturated carbocycles. The van der Waals surface area contributed by atoms with Gasteiger partial charge < -0.3 is 23.7 Å². The molecule has 3 saturated heterocycles. The second-order valence-electron chi connectivity index (χ2n) is 9.03. The topological polar surface area (TPSA) is 95.2 Å². The molecule has 7 nitrogen and oxygen atoms in total. The van der Waals surface area contributed by atoms with Crippen LogP contribution in [-0.2, 0) is 23.8 Å². The van der Waals surface area contributed by atoms with Crippen LogP contribution in [0.1, 0.15) is 44.3 Å². The molecule has 8 atom stereocenters. The molecule has 3 aliphatic heterocycles. The van der Waals surface area contributed by atoms with E-state index in [0.717, 1.165) is 5.56 Å². The molecular weight excluding hydrogens is 352 g/mol. The van der Waals surface area contributed by atoms with Crippen molar-refractivity contribution in [1.29, 1.82) is 0 Å². The van der Waals surface area contributed by atoms with Crippen LogP contribution in [0.25, 0.3) is 0 Å². The Labute approximate surface area is 155 Å². The number of carbonyl (C=O) groups is 2. The van der Waals surface area contributed by atoms with Crippen LogP contribution in [0, 0.1) is 22.7 Å². The summed E-state index contributed by atoms with van der Waals surface area (Å²) in [4.78, 5) is 25.9. The smallest absolute Gasteiger partial charge is 0.339 e. The zero-order valence-electron chi connectivity index (χ0n) is 15.1. The summed E-state index contributed by atoms with van der Waals surface area (Å²) in [6, 6.07) is 1.82. The lowest BCUT2D eigenvalue weighted by molar-refractivity contribution is -0.365. The fraction of sp³-hybridized carbons (Fsp3) is 0.700. The van der Waals surface area contributed by atoms with E-state index >= 15 is 0 Å². The maximum Gasteiger partial charge on any atom is 0.339 e. The number of cyclic esters (lactones) is 2. The number of rotatable bonds is 1. The van der Waals surface area contributed by atoms with Gasteiger partial charge in [-0.25, -0.2) is 4.79 Å². The van der Waals surface area contributed by atoms with Gasteiger partial charge in [0.05, 0.1) is 35.6 Å². The molecule has 0 aromatic carbocycles. The average molecular weight is 374 g/mol. The van der Waals surface area contributed by atoms with Gasteiger partial charge in [-0.1, -0.05) is 6.92 Å². The first kappa shape index (κ1) is 16.1. The van der Waals surface area contributed by atoms with Crippen molar-refractivity contribution in [2.24, 2.45) is 22.7 Å². The van der Waals surface area contributed by atoms with Gasteiger partial charge in [-0.05, 0) is 30.7 Å². The second-order valence-corrected chi connectivity index (χ2v) is 9.03. The number of carbonyl (C=O) groups excluding carboxylic acids is 2. The fourth-order valence-corrected chi connectivity index (χ4v) is 7.04. The summed E-state index contributed by atoms with van der Waals surface area (Å²) in [6.45, 7) is 2.33. The summed E-state index contributed by atoms with van der Waals surface area (Å²) in [5.74, 6) is -0.785. The highest BCUT2D eigenvalue weighted by Crippen LogP contribution is 2.75. The lowest BCUT2D eigenvalue weighted by Crippen LogP contribution is -2.80. The summed E-state index contributed by atoms with van der Waals surface area (Å²) in [7, 11) is 0. The third kappa shape index (κ3) is 1.56. The molecule has 6 rings (SSSR count). The first-order valence-electron chi connectivity index (χ1n) is 9.70. The molecule has 5 aliphatic rings. The van der Waals surface area contributed by atoms with E-state index in [1.807, 2.05) is 6.07 Å². The van der Waals surface area contributed by atoms with Gasteiger partial charge in [-0.2, -0.15) is 0 Å². The summed E-state index contributed by atoms with van der Waals surface area (Å²) in [6.07, 6.45) is 3.96. The lowest BCUT2D eigenvalue weighted by atomic mass is 9.39. The molecule has 1 N–H and O–H groups in total. The molecule has 1 aromatic heterocycles. The van der Waals surface area contributed by atoms with Crippen LogP contribution in [0.4, 0.5) is 0 Å². The van der Waals surface area contributed by atoms with E-state index in [-0.39, 0.29) is 49.0 Å². The Kier molecular flexibility index (Phi) is 2.84. The van der Waals surface area contributed by atoms with Gasteiger partial charge in [0, 0.05) is 18.4 Å². The first-order chi connectivity index (χ1) is 12.9. The molecule has 5 fully saturated rings. The van der Waals surface area contributed by atoms with Crippen molar-refractivity contribution in [2.45, 2.75) is 56.5 Å². The number of furan rings is 1. The van der Waals surface area contributed by atoms with Crippen molar-refractivity contribution < 1.29 is 33.3 Å². The predicted octanol–water partition coefficient (Wildman–Crippen LogP) is 1.75. The van der Waals surface area contributed by atoms with Crippen molar-refractivity contribution in [1.82, 2.24) is 0 Å². The number of ether oxygens (including phenoxy) is 3. The van der Waals surface area contributed by atoms with Crippen molar-refractivity contribution in [3.05, 3.63) is 24.2 Å². The molecule has 7 heteroatoms. The highest BCUT2D eigenvalue weighted by molar-refractivity contribution is 5.87. The van der Waals surface area contributed by atoms with Crippen molar-refractivity contribution in [3.63, 3.8) is 0 Å². The van der Waals surface area contributed by atoms with Gasteiger partial charge in [0.25, 0.3) is 0 Å². The zero-order valence-corrected chi connectivity index (χ0v) is 15.1. The number of hydrogen-bond acceptors (Lipinski definition) is 7. The van der Waals surface area contributed by atoms with E-state index in [1.165, 1.54) is 0 Å². The third-order valence-electron chi connectivity index (χ3n) is 8.23. The van der Waals surface area contributed by atoms with Crippen LogP contribution in [0.5, 0.6) is 0 Å². The highest BCUT2D eigenvalue weighted by Gasteiger charge is 2.85. The minimum Gasteiger partial charge on any atom is -0.472 e.